The number of hydrogen-bond acceptors (Lipinski definition) is 3. The molecule has 0 atom stereocenters. The number of thioether (sulfide) groups is 1. The molecule has 2 aromatic carbocycles. The third-order valence-electron chi connectivity index (χ3n) is 3.29. The predicted octanol–water partition coefficient (Wildman–Crippen LogP) is 6.17. The highest BCUT2D eigenvalue weighted by molar-refractivity contribution is 7.99. The van der Waals surface area contributed by atoms with Crippen LogP contribution in [0.2, 0.25) is 0 Å². The Morgan fingerprint density at radius 3 is 2.35 bits per heavy atom. The molecule has 0 fully saturated rings. The second-order valence-corrected chi connectivity index (χ2v) is 7.40. The second kappa shape index (κ2) is 10.2. The fourth-order valence-corrected chi connectivity index (χ4v) is 2.98. The molecule has 0 N–H and O–H groups in total. The van der Waals surface area contributed by atoms with Crippen molar-refractivity contribution in [3.05, 3.63) is 54.6 Å². The van der Waals surface area contributed by atoms with Crippen molar-refractivity contribution in [3.8, 4) is 17.2 Å². The first-order valence-corrected chi connectivity index (χ1v) is 9.36. The van der Waals surface area contributed by atoms with Gasteiger partial charge in [0, 0.05) is 6.07 Å². The Morgan fingerprint density at radius 1 is 0.826 bits per heavy atom. The van der Waals surface area contributed by atoms with Crippen LogP contribution >= 0.6 is 11.8 Å². The van der Waals surface area contributed by atoms with E-state index in [4.69, 9.17) is 9.47 Å². The third kappa shape index (κ3) is 7.47. The summed E-state index contributed by atoms with van der Waals surface area (Å²) in [5, 5.41) is 0.735. The van der Waals surface area contributed by atoms with E-state index in [1.807, 2.05) is 66.4 Å². The van der Waals surface area contributed by atoms with Gasteiger partial charge in [0.15, 0.2) is 0 Å². The summed E-state index contributed by atoms with van der Waals surface area (Å²) in [6.07, 6.45) is 3.59. The molecule has 2 nitrogen and oxygen atoms in total. The fourth-order valence-electron chi connectivity index (χ4n) is 2.14. The Bertz CT molecular complexity index is 555. The topological polar surface area (TPSA) is 18.5 Å². The zero-order chi connectivity index (χ0) is 16.3. The van der Waals surface area contributed by atoms with Crippen LogP contribution in [0.3, 0.4) is 0 Å². The molecular weight excluding hydrogens is 304 g/mol. The van der Waals surface area contributed by atoms with Gasteiger partial charge in [-0.25, -0.2) is 0 Å². The molecule has 2 rings (SSSR count). The van der Waals surface area contributed by atoms with Crippen molar-refractivity contribution < 1.29 is 9.47 Å². The Morgan fingerprint density at radius 2 is 1.57 bits per heavy atom. The molecule has 0 saturated carbocycles. The van der Waals surface area contributed by atoms with Gasteiger partial charge >= 0.3 is 0 Å². The zero-order valence-electron chi connectivity index (χ0n) is 14.0. The van der Waals surface area contributed by atoms with Crippen LogP contribution in [-0.4, -0.2) is 17.6 Å². The number of unbranched alkanes of at least 4 members (excludes halogenated alkanes) is 2. The van der Waals surface area contributed by atoms with E-state index in [9.17, 15) is 0 Å². The first kappa shape index (κ1) is 17.7. The molecule has 0 heterocycles. The molecule has 0 amide bonds. The van der Waals surface area contributed by atoms with Crippen LogP contribution in [0.15, 0.2) is 54.6 Å². The Balaban J connectivity index is 1.69. The van der Waals surface area contributed by atoms with Gasteiger partial charge in [-0.05, 0) is 54.5 Å². The summed E-state index contributed by atoms with van der Waals surface area (Å²) in [5.74, 6) is 3.77. The van der Waals surface area contributed by atoms with Gasteiger partial charge in [-0.2, -0.15) is 11.8 Å². The van der Waals surface area contributed by atoms with Gasteiger partial charge < -0.3 is 9.47 Å². The molecule has 0 aromatic heterocycles. The first-order valence-electron chi connectivity index (χ1n) is 8.31. The van der Waals surface area contributed by atoms with Gasteiger partial charge in [0.2, 0.25) is 0 Å². The SMILES string of the molecule is CC(C)SCCCCCOc1cccc(Oc2ccccc2)c1. The average Bonchev–Trinajstić information content (AvgIpc) is 2.55. The van der Waals surface area contributed by atoms with E-state index in [0.29, 0.717) is 0 Å². The number of para-hydroxylation sites is 1. The Kier molecular flexibility index (Phi) is 7.88. The Labute approximate surface area is 144 Å². The molecule has 0 aliphatic carbocycles. The van der Waals surface area contributed by atoms with Crippen molar-refractivity contribution in [2.75, 3.05) is 12.4 Å². The van der Waals surface area contributed by atoms with Crippen LogP contribution in [0.5, 0.6) is 17.2 Å². The summed E-state index contributed by atoms with van der Waals surface area (Å²) < 4.78 is 11.6. The highest BCUT2D eigenvalue weighted by Gasteiger charge is 2.00. The monoisotopic (exact) mass is 330 g/mol. The molecular formula is C20H26O2S. The van der Waals surface area contributed by atoms with E-state index in [1.54, 1.807) is 0 Å². The average molecular weight is 330 g/mol. The number of hydrogen-bond donors (Lipinski definition) is 0. The molecule has 23 heavy (non-hydrogen) atoms. The summed E-state index contributed by atoms with van der Waals surface area (Å²) in [6.45, 7) is 5.26. The fraction of sp³-hybridized carbons (Fsp3) is 0.400. The third-order valence-corrected chi connectivity index (χ3v) is 4.48. The van der Waals surface area contributed by atoms with Gasteiger partial charge in [-0.1, -0.05) is 38.1 Å². The molecule has 0 aliphatic rings. The standard InChI is InChI=1S/C20H26O2S/c1-17(2)23-15-8-4-7-14-21-19-12-9-13-20(16-19)22-18-10-5-3-6-11-18/h3,5-6,9-13,16-17H,4,7-8,14-15H2,1-2H3. The van der Waals surface area contributed by atoms with Crippen LogP contribution < -0.4 is 9.47 Å². The largest absolute Gasteiger partial charge is 0.493 e. The zero-order valence-corrected chi connectivity index (χ0v) is 14.9. The highest BCUT2D eigenvalue weighted by Crippen LogP contribution is 2.25. The van der Waals surface area contributed by atoms with Gasteiger partial charge in [-0.3, -0.25) is 0 Å². The van der Waals surface area contributed by atoms with Crippen LogP contribution in [0, 0.1) is 0 Å². The minimum absolute atomic E-state index is 0.735. The van der Waals surface area contributed by atoms with E-state index in [-0.39, 0.29) is 0 Å². The van der Waals surface area contributed by atoms with Gasteiger partial charge in [0.05, 0.1) is 6.61 Å². The lowest BCUT2D eigenvalue weighted by Gasteiger charge is -2.09. The molecule has 0 spiro atoms. The highest BCUT2D eigenvalue weighted by atomic mass is 32.2. The normalized spacial score (nSPS) is 10.7. The number of ether oxygens (including phenoxy) is 2. The van der Waals surface area contributed by atoms with E-state index in [1.165, 1.54) is 18.6 Å². The summed E-state index contributed by atoms with van der Waals surface area (Å²) in [6, 6.07) is 17.6. The van der Waals surface area contributed by atoms with Crippen molar-refractivity contribution in [1.82, 2.24) is 0 Å². The maximum Gasteiger partial charge on any atom is 0.131 e. The molecule has 0 saturated heterocycles. The maximum absolute atomic E-state index is 5.83. The summed E-state index contributed by atoms with van der Waals surface area (Å²) in [5.41, 5.74) is 0. The van der Waals surface area contributed by atoms with Crippen LogP contribution in [0.1, 0.15) is 33.1 Å². The van der Waals surface area contributed by atoms with Crippen molar-refractivity contribution >= 4 is 11.8 Å². The lowest BCUT2D eigenvalue weighted by molar-refractivity contribution is 0.305. The minimum Gasteiger partial charge on any atom is -0.493 e. The number of benzene rings is 2. The van der Waals surface area contributed by atoms with Gasteiger partial charge in [-0.15, -0.1) is 0 Å². The lowest BCUT2D eigenvalue weighted by atomic mass is 10.2. The lowest BCUT2D eigenvalue weighted by Crippen LogP contribution is -1.98. The van der Waals surface area contributed by atoms with Crippen LogP contribution in [0.25, 0.3) is 0 Å². The molecule has 0 aliphatic heterocycles. The number of rotatable bonds is 10. The molecule has 2 aromatic rings. The molecule has 124 valence electrons. The molecule has 3 heteroatoms. The van der Waals surface area contributed by atoms with Crippen LogP contribution in [0.4, 0.5) is 0 Å². The van der Waals surface area contributed by atoms with E-state index in [0.717, 1.165) is 35.5 Å². The quantitative estimate of drug-likeness (QED) is 0.485. The molecule has 0 bridgehead atoms. The van der Waals surface area contributed by atoms with Crippen molar-refractivity contribution in [2.45, 2.75) is 38.4 Å². The summed E-state index contributed by atoms with van der Waals surface area (Å²) >= 11 is 2.03. The van der Waals surface area contributed by atoms with Crippen LogP contribution in [-0.2, 0) is 0 Å². The van der Waals surface area contributed by atoms with E-state index in [2.05, 4.69) is 13.8 Å². The van der Waals surface area contributed by atoms with E-state index < -0.39 is 0 Å². The second-order valence-electron chi connectivity index (χ2n) is 5.72. The van der Waals surface area contributed by atoms with Crippen molar-refractivity contribution in [3.63, 3.8) is 0 Å². The van der Waals surface area contributed by atoms with Gasteiger partial charge in [0.1, 0.15) is 17.2 Å². The van der Waals surface area contributed by atoms with Crippen molar-refractivity contribution in [2.24, 2.45) is 0 Å². The summed E-state index contributed by atoms with van der Waals surface area (Å²) in [4.78, 5) is 0. The summed E-state index contributed by atoms with van der Waals surface area (Å²) in [7, 11) is 0. The molecule has 0 unspecified atom stereocenters. The van der Waals surface area contributed by atoms with Gasteiger partial charge in [0.25, 0.3) is 0 Å². The van der Waals surface area contributed by atoms with Crippen molar-refractivity contribution in [1.29, 1.82) is 0 Å². The first-order chi connectivity index (χ1) is 11.2. The Hall–Kier alpha value is -1.61. The minimum atomic E-state index is 0.735. The van der Waals surface area contributed by atoms with E-state index >= 15 is 0 Å². The maximum atomic E-state index is 5.83. The molecule has 0 radical (unpaired) electrons. The smallest absolute Gasteiger partial charge is 0.131 e. The predicted molar refractivity (Wildman–Crippen MR) is 99.9 cm³/mol.